The van der Waals surface area contributed by atoms with Gasteiger partial charge in [0.05, 0.1) is 12.1 Å². The predicted molar refractivity (Wildman–Crippen MR) is 82.4 cm³/mol. The Bertz CT molecular complexity index is 432. The second-order valence-electron chi connectivity index (χ2n) is 5.84. The van der Waals surface area contributed by atoms with Gasteiger partial charge in [0, 0.05) is 7.05 Å². The molecule has 3 atom stereocenters. The number of rotatable bonds is 4. The summed E-state index contributed by atoms with van der Waals surface area (Å²) in [6.07, 6.45) is 3.34. The number of amides is 1. The first kappa shape index (κ1) is 15.0. The summed E-state index contributed by atoms with van der Waals surface area (Å²) in [5.74, 6) is 0.908. The number of hydrogen-bond acceptors (Lipinski definition) is 2. The summed E-state index contributed by atoms with van der Waals surface area (Å²) in [6, 6.07) is 10.3. The molecule has 1 N–H and O–H groups in total. The number of nitrogens with one attached hydrogen (secondary N) is 1. The Morgan fingerprint density at radius 1 is 1.40 bits per heavy atom. The smallest absolute Gasteiger partial charge is 0.239 e. The number of carbonyl (C=O) groups excluding carboxylic acids is 1. The van der Waals surface area contributed by atoms with E-state index in [9.17, 15) is 4.79 Å². The molecule has 3 nitrogen and oxygen atoms in total. The van der Waals surface area contributed by atoms with E-state index in [1.54, 1.807) is 0 Å². The summed E-state index contributed by atoms with van der Waals surface area (Å²) in [4.78, 5) is 14.5. The molecule has 0 spiro atoms. The van der Waals surface area contributed by atoms with Crippen LogP contribution in [0.25, 0.3) is 0 Å². The fourth-order valence-corrected chi connectivity index (χ4v) is 2.95. The maximum atomic E-state index is 12.6. The molecule has 3 unspecified atom stereocenters. The van der Waals surface area contributed by atoms with Crippen molar-refractivity contribution in [2.45, 2.75) is 45.2 Å². The molecule has 1 saturated heterocycles. The van der Waals surface area contributed by atoms with Crippen molar-refractivity contribution in [2.75, 3.05) is 13.6 Å². The molecule has 20 heavy (non-hydrogen) atoms. The number of piperidine rings is 1. The first-order valence-corrected chi connectivity index (χ1v) is 7.68. The Hall–Kier alpha value is -1.35. The van der Waals surface area contributed by atoms with E-state index in [0.29, 0.717) is 5.92 Å². The van der Waals surface area contributed by atoms with Gasteiger partial charge in [0.1, 0.15) is 0 Å². The number of hydrogen-bond donors (Lipinski definition) is 1. The molecular weight excluding hydrogens is 248 g/mol. The van der Waals surface area contributed by atoms with Crippen molar-refractivity contribution >= 4 is 5.91 Å². The molecule has 0 saturated carbocycles. The third-order valence-electron chi connectivity index (χ3n) is 4.60. The van der Waals surface area contributed by atoms with Gasteiger partial charge in [-0.2, -0.15) is 0 Å². The van der Waals surface area contributed by atoms with E-state index in [1.165, 1.54) is 18.4 Å². The molecule has 2 rings (SSSR count). The summed E-state index contributed by atoms with van der Waals surface area (Å²) in [6.45, 7) is 5.27. The molecule has 0 aromatic heterocycles. The predicted octanol–water partition coefficient (Wildman–Crippen LogP) is 2.98. The lowest BCUT2D eigenvalue weighted by Crippen LogP contribution is -2.49. The van der Waals surface area contributed by atoms with Crippen LogP contribution < -0.4 is 5.32 Å². The average Bonchev–Trinajstić information content (AvgIpc) is 2.53. The van der Waals surface area contributed by atoms with Crippen molar-refractivity contribution in [1.82, 2.24) is 10.2 Å². The summed E-state index contributed by atoms with van der Waals surface area (Å²) in [5, 5.41) is 3.38. The average molecular weight is 274 g/mol. The van der Waals surface area contributed by atoms with Crippen LogP contribution in [0.2, 0.25) is 0 Å². The zero-order chi connectivity index (χ0) is 14.5. The van der Waals surface area contributed by atoms with Crippen molar-refractivity contribution < 1.29 is 4.79 Å². The quantitative estimate of drug-likeness (QED) is 0.915. The summed E-state index contributed by atoms with van der Waals surface area (Å²) >= 11 is 0. The molecule has 110 valence electrons. The topological polar surface area (TPSA) is 32.3 Å². The maximum absolute atomic E-state index is 12.6. The molecule has 1 aliphatic rings. The first-order chi connectivity index (χ1) is 9.63. The van der Waals surface area contributed by atoms with Gasteiger partial charge >= 0.3 is 0 Å². The van der Waals surface area contributed by atoms with Gasteiger partial charge < -0.3 is 10.2 Å². The highest BCUT2D eigenvalue weighted by Gasteiger charge is 2.29. The van der Waals surface area contributed by atoms with E-state index >= 15 is 0 Å². The minimum absolute atomic E-state index is 0.00939. The number of benzene rings is 1. The van der Waals surface area contributed by atoms with Gasteiger partial charge in [-0.1, -0.05) is 43.7 Å². The van der Waals surface area contributed by atoms with Gasteiger partial charge in [-0.15, -0.1) is 0 Å². The molecule has 0 radical (unpaired) electrons. The monoisotopic (exact) mass is 274 g/mol. The molecule has 3 heteroatoms. The highest BCUT2D eigenvalue weighted by molar-refractivity contribution is 5.82. The normalized spacial score (nSPS) is 24.1. The lowest BCUT2D eigenvalue weighted by atomic mass is 9.89. The third kappa shape index (κ3) is 3.40. The zero-order valence-electron chi connectivity index (χ0n) is 12.8. The molecular formula is C17H26N2O. The van der Waals surface area contributed by atoms with Gasteiger partial charge in [-0.3, -0.25) is 4.79 Å². The molecule has 0 aliphatic carbocycles. The molecule has 1 heterocycles. The van der Waals surface area contributed by atoms with Gasteiger partial charge in [-0.25, -0.2) is 0 Å². The fraction of sp³-hybridized carbons (Fsp3) is 0.588. The van der Waals surface area contributed by atoms with E-state index in [-0.39, 0.29) is 18.0 Å². The van der Waals surface area contributed by atoms with Crippen LogP contribution in [0, 0.1) is 5.92 Å². The van der Waals surface area contributed by atoms with Gasteiger partial charge in [0.25, 0.3) is 0 Å². The summed E-state index contributed by atoms with van der Waals surface area (Å²) in [7, 11) is 1.91. The Labute approximate surface area is 122 Å². The Balaban J connectivity index is 2.01. The molecule has 1 aromatic carbocycles. The molecule has 1 aromatic rings. The number of likely N-dealkylation sites (N-methyl/N-ethyl adjacent to an activating group) is 1. The second kappa shape index (κ2) is 6.89. The molecule has 1 amide bonds. The van der Waals surface area contributed by atoms with E-state index < -0.39 is 0 Å². The van der Waals surface area contributed by atoms with Crippen molar-refractivity contribution in [2.24, 2.45) is 5.92 Å². The first-order valence-electron chi connectivity index (χ1n) is 7.68. The minimum atomic E-state index is -0.00939. The lowest BCUT2D eigenvalue weighted by Gasteiger charge is -2.34. The SMILES string of the molecule is CCC1CCNC(C(=O)N(C)C(C)c2ccccc2)C1. The molecule has 0 bridgehead atoms. The van der Waals surface area contributed by atoms with Crippen molar-refractivity contribution in [3.8, 4) is 0 Å². The Kier molecular flexibility index (Phi) is 5.18. The highest BCUT2D eigenvalue weighted by Crippen LogP contribution is 2.24. The van der Waals surface area contributed by atoms with Crippen LogP contribution in [0.3, 0.4) is 0 Å². The van der Waals surface area contributed by atoms with Crippen LogP contribution in [0.1, 0.15) is 44.7 Å². The number of nitrogens with zero attached hydrogens (tertiary/aromatic N) is 1. The van der Waals surface area contributed by atoms with E-state index in [2.05, 4.69) is 31.3 Å². The Morgan fingerprint density at radius 2 is 2.10 bits per heavy atom. The second-order valence-corrected chi connectivity index (χ2v) is 5.84. The summed E-state index contributed by atoms with van der Waals surface area (Å²) < 4.78 is 0. The van der Waals surface area contributed by atoms with E-state index in [0.717, 1.165) is 13.0 Å². The molecule has 1 aliphatic heterocycles. The van der Waals surface area contributed by atoms with E-state index in [1.807, 2.05) is 30.1 Å². The third-order valence-corrected chi connectivity index (χ3v) is 4.60. The fourth-order valence-electron chi connectivity index (χ4n) is 2.95. The zero-order valence-corrected chi connectivity index (χ0v) is 12.8. The lowest BCUT2D eigenvalue weighted by molar-refractivity contribution is -0.135. The van der Waals surface area contributed by atoms with Gasteiger partial charge in [0.15, 0.2) is 0 Å². The maximum Gasteiger partial charge on any atom is 0.239 e. The minimum Gasteiger partial charge on any atom is -0.338 e. The molecule has 1 fully saturated rings. The highest BCUT2D eigenvalue weighted by atomic mass is 16.2. The van der Waals surface area contributed by atoms with Crippen LogP contribution in [-0.4, -0.2) is 30.4 Å². The van der Waals surface area contributed by atoms with Crippen LogP contribution in [0.4, 0.5) is 0 Å². The van der Waals surface area contributed by atoms with Crippen molar-refractivity contribution in [3.05, 3.63) is 35.9 Å². The van der Waals surface area contributed by atoms with Crippen LogP contribution >= 0.6 is 0 Å². The van der Waals surface area contributed by atoms with Crippen molar-refractivity contribution in [1.29, 1.82) is 0 Å². The van der Waals surface area contributed by atoms with Crippen molar-refractivity contribution in [3.63, 3.8) is 0 Å². The number of carbonyl (C=O) groups is 1. The van der Waals surface area contributed by atoms with Crippen LogP contribution in [0.15, 0.2) is 30.3 Å². The van der Waals surface area contributed by atoms with Gasteiger partial charge in [-0.05, 0) is 37.8 Å². The summed E-state index contributed by atoms with van der Waals surface area (Å²) in [5.41, 5.74) is 1.19. The van der Waals surface area contributed by atoms with Gasteiger partial charge in [0.2, 0.25) is 5.91 Å². The standard InChI is InChI=1S/C17H26N2O/c1-4-14-10-11-18-16(12-14)17(20)19(3)13(2)15-8-6-5-7-9-15/h5-9,13-14,16,18H,4,10-12H2,1-3H3. The Morgan fingerprint density at radius 3 is 2.75 bits per heavy atom. The van der Waals surface area contributed by atoms with Crippen LogP contribution in [0.5, 0.6) is 0 Å². The van der Waals surface area contributed by atoms with Crippen LogP contribution in [-0.2, 0) is 4.79 Å². The van der Waals surface area contributed by atoms with E-state index in [4.69, 9.17) is 0 Å². The largest absolute Gasteiger partial charge is 0.338 e.